The van der Waals surface area contributed by atoms with E-state index in [1.807, 2.05) is 45.5 Å². The van der Waals surface area contributed by atoms with E-state index in [0.717, 1.165) is 5.82 Å². The van der Waals surface area contributed by atoms with Gasteiger partial charge in [0.25, 0.3) is 0 Å². The minimum atomic E-state index is -0.450. The molecule has 0 saturated carbocycles. The maximum absolute atomic E-state index is 12.6. The standard InChI is InChI=1S/C17H30N4O/c1-12(16(2,3)4)20-15(22)14(17(5,6)7)19-11-13-18-9-10-21(13)8/h9-12,14H,1-8H3,(H,20,22)/t12-,14-/m1/s1. The Balaban J connectivity index is 2.93. The quantitative estimate of drug-likeness (QED) is 0.870. The Morgan fingerprint density at radius 3 is 2.27 bits per heavy atom. The molecule has 0 aliphatic heterocycles. The van der Waals surface area contributed by atoms with Gasteiger partial charge in [0.2, 0.25) is 5.91 Å². The van der Waals surface area contributed by atoms with Crippen molar-refractivity contribution >= 4 is 12.1 Å². The van der Waals surface area contributed by atoms with Gasteiger partial charge in [-0.05, 0) is 17.8 Å². The molecule has 5 heteroatoms. The van der Waals surface area contributed by atoms with Crippen molar-refractivity contribution in [3.63, 3.8) is 0 Å². The fraction of sp³-hybridized carbons (Fsp3) is 0.706. The fourth-order valence-corrected chi connectivity index (χ4v) is 1.84. The zero-order chi connectivity index (χ0) is 17.1. The zero-order valence-electron chi connectivity index (χ0n) is 15.1. The van der Waals surface area contributed by atoms with Crippen molar-refractivity contribution in [1.29, 1.82) is 0 Å². The number of nitrogens with zero attached hydrogens (tertiary/aromatic N) is 3. The highest BCUT2D eigenvalue weighted by Crippen LogP contribution is 2.24. The number of carbonyl (C=O) groups is 1. The molecule has 1 aromatic rings. The van der Waals surface area contributed by atoms with E-state index >= 15 is 0 Å². The molecule has 0 bridgehead atoms. The Labute approximate surface area is 134 Å². The van der Waals surface area contributed by atoms with Crippen LogP contribution in [0.15, 0.2) is 17.4 Å². The van der Waals surface area contributed by atoms with Crippen molar-refractivity contribution < 1.29 is 4.79 Å². The van der Waals surface area contributed by atoms with Crippen LogP contribution in [0, 0.1) is 10.8 Å². The normalized spacial score (nSPS) is 15.8. The minimum absolute atomic E-state index is 0.0154. The molecule has 1 rings (SSSR count). The number of hydrogen-bond donors (Lipinski definition) is 1. The Bertz CT molecular complexity index is 532. The molecule has 1 heterocycles. The van der Waals surface area contributed by atoms with Crippen molar-refractivity contribution in [2.45, 2.75) is 60.5 Å². The summed E-state index contributed by atoms with van der Waals surface area (Å²) in [4.78, 5) is 21.4. The lowest BCUT2D eigenvalue weighted by Gasteiger charge is -2.32. The monoisotopic (exact) mass is 306 g/mol. The topological polar surface area (TPSA) is 59.3 Å². The van der Waals surface area contributed by atoms with Crippen LogP contribution in [0.3, 0.4) is 0 Å². The molecule has 0 fully saturated rings. The van der Waals surface area contributed by atoms with Crippen molar-refractivity contribution in [2.24, 2.45) is 22.9 Å². The van der Waals surface area contributed by atoms with Crippen molar-refractivity contribution in [2.75, 3.05) is 0 Å². The summed E-state index contributed by atoms with van der Waals surface area (Å²) in [6.45, 7) is 14.4. The number of aliphatic imine (C=N–C) groups is 1. The molecule has 1 amide bonds. The summed E-state index contributed by atoms with van der Waals surface area (Å²) in [7, 11) is 1.90. The molecule has 22 heavy (non-hydrogen) atoms. The Morgan fingerprint density at radius 2 is 1.86 bits per heavy atom. The van der Waals surface area contributed by atoms with Crippen LogP contribution in [0.2, 0.25) is 0 Å². The second kappa shape index (κ2) is 6.63. The average molecular weight is 306 g/mol. The molecular weight excluding hydrogens is 276 g/mol. The van der Waals surface area contributed by atoms with Crippen LogP contribution in [-0.2, 0) is 11.8 Å². The number of carbonyl (C=O) groups excluding carboxylic acids is 1. The van der Waals surface area contributed by atoms with E-state index in [9.17, 15) is 4.79 Å². The summed E-state index contributed by atoms with van der Waals surface area (Å²) in [6.07, 6.45) is 5.25. The van der Waals surface area contributed by atoms with E-state index in [1.54, 1.807) is 12.4 Å². The molecule has 124 valence electrons. The van der Waals surface area contributed by atoms with Gasteiger partial charge in [-0.15, -0.1) is 0 Å². The first kappa shape index (κ1) is 18.4. The second-order valence-corrected chi connectivity index (χ2v) is 8.04. The molecule has 0 radical (unpaired) electrons. The lowest BCUT2D eigenvalue weighted by atomic mass is 9.84. The molecule has 0 unspecified atom stereocenters. The van der Waals surface area contributed by atoms with E-state index in [2.05, 4.69) is 36.1 Å². The average Bonchev–Trinajstić information content (AvgIpc) is 2.72. The first-order chi connectivity index (χ1) is 9.93. The van der Waals surface area contributed by atoms with Crippen LogP contribution >= 0.6 is 0 Å². The Morgan fingerprint density at radius 1 is 1.27 bits per heavy atom. The summed E-state index contributed by atoms with van der Waals surface area (Å²) in [5, 5.41) is 3.09. The van der Waals surface area contributed by atoms with Crippen molar-refractivity contribution in [3.05, 3.63) is 18.2 Å². The number of hydrogen-bond acceptors (Lipinski definition) is 3. The van der Waals surface area contributed by atoms with Gasteiger partial charge in [-0.1, -0.05) is 41.5 Å². The molecule has 1 aromatic heterocycles. The number of aromatic nitrogens is 2. The molecule has 2 atom stereocenters. The number of amides is 1. The second-order valence-electron chi connectivity index (χ2n) is 8.04. The van der Waals surface area contributed by atoms with Crippen molar-refractivity contribution in [3.8, 4) is 0 Å². The van der Waals surface area contributed by atoms with Gasteiger partial charge >= 0.3 is 0 Å². The third-order valence-corrected chi connectivity index (χ3v) is 3.92. The predicted octanol–water partition coefficient (Wildman–Crippen LogP) is 2.80. The summed E-state index contributed by atoms with van der Waals surface area (Å²) < 4.78 is 1.87. The first-order valence-electron chi connectivity index (χ1n) is 7.74. The molecular formula is C17H30N4O. The molecule has 0 aliphatic rings. The lowest BCUT2D eigenvalue weighted by Crippen LogP contribution is -2.48. The predicted molar refractivity (Wildman–Crippen MR) is 91.1 cm³/mol. The number of imidazole rings is 1. The maximum atomic E-state index is 12.6. The highest BCUT2D eigenvalue weighted by Gasteiger charge is 2.33. The highest BCUT2D eigenvalue weighted by molar-refractivity contribution is 5.86. The smallest absolute Gasteiger partial charge is 0.245 e. The molecule has 0 saturated heterocycles. The van der Waals surface area contributed by atoms with Crippen LogP contribution < -0.4 is 5.32 Å². The maximum Gasteiger partial charge on any atom is 0.245 e. The fourth-order valence-electron chi connectivity index (χ4n) is 1.84. The van der Waals surface area contributed by atoms with Gasteiger partial charge in [0.15, 0.2) is 0 Å². The molecule has 1 N–H and O–H groups in total. The van der Waals surface area contributed by atoms with Gasteiger partial charge in [-0.3, -0.25) is 9.79 Å². The number of aryl methyl sites for hydroxylation is 1. The van der Waals surface area contributed by atoms with Gasteiger partial charge < -0.3 is 9.88 Å². The molecule has 0 spiro atoms. The third-order valence-electron chi connectivity index (χ3n) is 3.92. The van der Waals surface area contributed by atoms with Crippen LogP contribution in [0.1, 0.15) is 54.3 Å². The minimum Gasteiger partial charge on any atom is -0.351 e. The van der Waals surface area contributed by atoms with Crippen LogP contribution in [0.5, 0.6) is 0 Å². The molecule has 5 nitrogen and oxygen atoms in total. The van der Waals surface area contributed by atoms with Gasteiger partial charge in [0, 0.05) is 25.5 Å². The lowest BCUT2D eigenvalue weighted by molar-refractivity contribution is -0.125. The first-order valence-corrected chi connectivity index (χ1v) is 7.74. The van der Waals surface area contributed by atoms with Crippen LogP contribution in [0.4, 0.5) is 0 Å². The summed E-state index contributed by atoms with van der Waals surface area (Å²) in [5.41, 5.74) is -0.245. The van der Waals surface area contributed by atoms with Crippen molar-refractivity contribution in [1.82, 2.24) is 14.9 Å². The summed E-state index contributed by atoms with van der Waals surface area (Å²) in [6, 6.07) is -0.373. The largest absolute Gasteiger partial charge is 0.351 e. The van der Waals surface area contributed by atoms with Gasteiger partial charge in [-0.2, -0.15) is 0 Å². The summed E-state index contributed by atoms with van der Waals surface area (Å²) in [5.74, 6) is 0.700. The van der Waals surface area contributed by atoms with Gasteiger partial charge in [0.1, 0.15) is 11.9 Å². The number of nitrogens with one attached hydrogen (secondary N) is 1. The van der Waals surface area contributed by atoms with E-state index in [0.29, 0.717) is 0 Å². The SMILES string of the molecule is C[C@@H](NC(=O)[C@@H](N=Cc1nccn1C)C(C)(C)C)C(C)(C)C. The van der Waals surface area contributed by atoms with E-state index in [-0.39, 0.29) is 22.8 Å². The van der Waals surface area contributed by atoms with E-state index < -0.39 is 6.04 Å². The van der Waals surface area contributed by atoms with Crippen LogP contribution in [-0.4, -0.2) is 33.8 Å². The summed E-state index contributed by atoms with van der Waals surface area (Å²) >= 11 is 0. The van der Waals surface area contributed by atoms with Gasteiger partial charge in [-0.25, -0.2) is 4.98 Å². The highest BCUT2D eigenvalue weighted by atomic mass is 16.2. The van der Waals surface area contributed by atoms with Crippen LogP contribution in [0.25, 0.3) is 0 Å². The number of rotatable bonds is 4. The third kappa shape index (κ3) is 4.97. The van der Waals surface area contributed by atoms with E-state index in [1.165, 1.54) is 0 Å². The molecule has 0 aromatic carbocycles. The van der Waals surface area contributed by atoms with E-state index in [4.69, 9.17) is 0 Å². The Kier molecular flexibility index (Phi) is 5.54. The van der Waals surface area contributed by atoms with Gasteiger partial charge in [0.05, 0.1) is 6.21 Å². The Hall–Kier alpha value is -1.65. The zero-order valence-corrected chi connectivity index (χ0v) is 15.1. The molecule has 0 aliphatic carbocycles.